The lowest BCUT2D eigenvalue weighted by atomic mass is 9.89. The fourth-order valence-corrected chi connectivity index (χ4v) is 8.84. The molecule has 5 aromatic rings. The van der Waals surface area contributed by atoms with E-state index in [1.165, 1.54) is 12.1 Å². The Morgan fingerprint density at radius 2 is 0.750 bits per heavy atom. The summed E-state index contributed by atoms with van der Waals surface area (Å²) in [6, 6.07) is 43.5. The normalized spacial score (nSPS) is 15.0. The fourth-order valence-electron chi connectivity index (χ4n) is 5.40. The maximum Gasteiger partial charge on any atom is 0.416 e. The summed E-state index contributed by atoms with van der Waals surface area (Å²) in [5, 5.41) is 1.60. The SMILES string of the molecule is O=P1(c2ccc(C(F)(F)F)cc2)C(c2ccccc2)=C(c2ccccc2)C(c2ccccc2)=C1c1ccccc1. The van der Waals surface area contributed by atoms with Gasteiger partial charge in [0.25, 0.3) is 0 Å². The van der Waals surface area contributed by atoms with Gasteiger partial charge < -0.3 is 4.57 Å². The van der Waals surface area contributed by atoms with Crippen LogP contribution < -0.4 is 5.30 Å². The van der Waals surface area contributed by atoms with Gasteiger partial charge in [-0.3, -0.25) is 0 Å². The van der Waals surface area contributed by atoms with E-state index in [0.29, 0.717) is 15.9 Å². The van der Waals surface area contributed by atoms with Crippen LogP contribution in [0.2, 0.25) is 0 Å². The first kappa shape index (κ1) is 25.9. The predicted octanol–water partition coefficient (Wildman–Crippen LogP) is 9.84. The third-order valence-electron chi connectivity index (χ3n) is 7.13. The molecule has 0 atom stereocenters. The van der Waals surface area contributed by atoms with Crippen LogP contribution in [0.3, 0.4) is 0 Å². The summed E-state index contributed by atoms with van der Waals surface area (Å²) >= 11 is 0. The third-order valence-corrected chi connectivity index (χ3v) is 10.4. The van der Waals surface area contributed by atoms with E-state index >= 15 is 4.57 Å². The summed E-state index contributed by atoms with van der Waals surface area (Å²) < 4.78 is 56.7. The van der Waals surface area contributed by atoms with Gasteiger partial charge in [-0.15, -0.1) is 0 Å². The fraction of sp³-hybridized carbons (Fsp3) is 0.0286. The molecule has 5 heteroatoms. The van der Waals surface area contributed by atoms with E-state index in [1.807, 2.05) is 121 Å². The first-order chi connectivity index (χ1) is 19.4. The minimum Gasteiger partial charge on any atom is -0.309 e. The van der Waals surface area contributed by atoms with Gasteiger partial charge in [-0.2, -0.15) is 13.2 Å². The van der Waals surface area contributed by atoms with Crippen LogP contribution in [-0.2, 0) is 10.7 Å². The Kier molecular flexibility index (Phi) is 6.65. The predicted molar refractivity (Wildman–Crippen MR) is 158 cm³/mol. The second-order valence-corrected chi connectivity index (χ2v) is 12.2. The highest BCUT2D eigenvalue weighted by Gasteiger charge is 2.46. The Labute approximate surface area is 231 Å². The maximum absolute atomic E-state index is 16.0. The van der Waals surface area contributed by atoms with E-state index in [9.17, 15) is 13.2 Å². The second-order valence-electron chi connectivity index (χ2n) is 9.57. The molecular formula is C35H24F3OP. The zero-order chi connectivity index (χ0) is 27.7. The highest BCUT2D eigenvalue weighted by Crippen LogP contribution is 2.76. The Morgan fingerprint density at radius 3 is 1.07 bits per heavy atom. The Balaban J connectivity index is 1.79. The molecule has 0 unspecified atom stereocenters. The van der Waals surface area contributed by atoms with E-state index < -0.39 is 18.9 Å². The van der Waals surface area contributed by atoms with Crippen molar-refractivity contribution in [2.45, 2.75) is 6.18 Å². The Bertz CT molecular complexity index is 1650. The number of alkyl halides is 3. The van der Waals surface area contributed by atoms with Gasteiger partial charge in [0.2, 0.25) is 0 Å². The van der Waals surface area contributed by atoms with Crippen LogP contribution in [0.1, 0.15) is 27.8 Å². The van der Waals surface area contributed by atoms with Crippen LogP contribution in [0.15, 0.2) is 146 Å². The average molecular weight is 549 g/mol. The lowest BCUT2D eigenvalue weighted by Gasteiger charge is -2.23. The molecule has 6 rings (SSSR count). The smallest absolute Gasteiger partial charge is 0.309 e. The van der Waals surface area contributed by atoms with Crippen LogP contribution in [-0.4, -0.2) is 0 Å². The molecule has 1 nitrogen and oxygen atoms in total. The number of halogens is 3. The summed E-state index contributed by atoms with van der Waals surface area (Å²) in [5.41, 5.74) is 4.17. The van der Waals surface area contributed by atoms with Crippen LogP contribution in [0, 0.1) is 0 Å². The molecule has 0 fully saturated rings. The Morgan fingerprint density at radius 1 is 0.425 bits per heavy atom. The third kappa shape index (κ3) is 4.45. The minimum atomic E-state index is -4.50. The van der Waals surface area contributed by atoms with Crippen molar-refractivity contribution in [3.8, 4) is 0 Å². The van der Waals surface area contributed by atoms with Gasteiger partial charge in [0.1, 0.15) is 0 Å². The van der Waals surface area contributed by atoms with E-state index in [0.717, 1.165) is 45.5 Å². The number of benzene rings is 5. The van der Waals surface area contributed by atoms with E-state index in [-0.39, 0.29) is 0 Å². The monoisotopic (exact) mass is 548 g/mol. The Hall–Kier alpha value is -4.40. The van der Waals surface area contributed by atoms with Gasteiger partial charge in [-0.1, -0.05) is 133 Å². The number of hydrogen-bond donors (Lipinski definition) is 0. The number of allylic oxidation sites excluding steroid dienone is 2. The maximum atomic E-state index is 16.0. The lowest BCUT2D eigenvalue weighted by molar-refractivity contribution is -0.137. The van der Waals surface area contributed by atoms with Crippen LogP contribution in [0.25, 0.3) is 21.8 Å². The molecule has 1 aliphatic heterocycles. The second kappa shape index (κ2) is 10.3. The van der Waals surface area contributed by atoms with E-state index in [4.69, 9.17) is 0 Å². The average Bonchev–Trinajstić information content (AvgIpc) is 3.28. The van der Waals surface area contributed by atoms with Crippen molar-refractivity contribution in [2.24, 2.45) is 0 Å². The summed E-state index contributed by atoms with van der Waals surface area (Å²) in [6.45, 7) is 0. The van der Waals surface area contributed by atoms with Gasteiger partial charge in [0, 0.05) is 27.1 Å². The summed E-state index contributed by atoms with van der Waals surface area (Å²) in [7, 11) is -3.71. The van der Waals surface area contributed by atoms with Crippen LogP contribution in [0.5, 0.6) is 0 Å². The van der Waals surface area contributed by atoms with Gasteiger partial charge in [-0.05, 0) is 34.4 Å². The van der Waals surface area contributed by atoms with Gasteiger partial charge in [0.15, 0.2) is 7.14 Å². The van der Waals surface area contributed by atoms with Crippen molar-refractivity contribution in [3.63, 3.8) is 0 Å². The topological polar surface area (TPSA) is 17.1 Å². The highest BCUT2D eigenvalue weighted by atomic mass is 31.2. The molecule has 1 aliphatic rings. The van der Waals surface area contributed by atoms with E-state index in [2.05, 4.69) is 0 Å². The van der Waals surface area contributed by atoms with Crippen molar-refractivity contribution in [3.05, 3.63) is 173 Å². The molecule has 0 spiro atoms. The summed E-state index contributed by atoms with van der Waals surface area (Å²) in [4.78, 5) is 0. The van der Waals surface area contributed by atoms with Crippen molar-refractivity contribution in [1.82, 2.24) is 0 Å². The molecule has 0 amide bonds. The molecular weight excluding hydrogens is 524 g/mol. The minimum absolute atomic E-state index is 0.359. The van der Waals surface area contributed by atoms with Crippen molar-refractivity contribution in [1.29, 1.82) is 0 Å². The van der Waals surface area contributed by atoms with E-state index in [1.54, 1.807) is 0 Å². The molecule has 0 saturated carbocycles. The highest BCUT2D eigenvalue weighted by molar-refractivity contribution is 7.91. The molecule has 40 heavy (non-hydrogen) atoms. The first-order valence-electron chi connectivity index (χ1n) is 12.9. The summed E-state index contributed by atoms with van der Waals surface area (Å²) in [5.74, 6) is 0. The van der Waals surface area contributed by atoms with Crippen molar-refractivity contribution in [2.75, 3.05) is 0 Å². The molecule has 0 radical (unpaired) electrons. The van der Waals surface area contributed by atoms with Gasteiger partial charge in [0.05, 0.1) is 5.56 Å². The van der Waals surface area contributed by atoms with Crippen LogP contribution >= 0.6 is 7.14 Å². The number of hydrogen-bond acceptors (Lipinski definition) is 1. The molecule has 5 aromatic carbocycles. The van der Waals surface area contributed by atoms with Crippen molar-refractivity contribution >= 4 is 34.2 Å². The first-order valence-corrected chi connectivity index (χ1v) is 14.6. The number of rotatable bonds is 5. The molecule has 0 N–H and O–H groups in total. The zero-order valence-electron chi connectivity index (χ0n) is 21.3. The van der Waals surface area contributed by atoms with Gasteiger partial charge in [-0.25, -0.2) is 0 Å². The molecule has 196 valence electrons. The molecule has 0 aromatic heterocycles. The molecule has 0 aliphatic carbocycles. The largest absolute Gasteiger partial charge is 0.416 e. The lowest BCUT2D eigenvalue weighted by Crippen LogP contribution is -2.10. The summed E-state index contributed by atoms with van der Waals surface area (Å²) in [6.07, 6.45) is -4.50. The quantitative estimate of drug-likeness (QED) is 0.200. The molecule has 1 heterocycles. The molecule has 0 saturated heterocycles. The standard InChI is InChI=1S/C35H24F3OP/c36-35(37,38)29-21-23-30(24-22-29)40(39)33(27-17-9-3-10-18-27)31(25-13-5-1-6-14-25)32(26-15-7-2-8-16-26)34(40)28-19-11-4-12-20-28/h1-24H. The van der Waals surface area contributed by atoms with Crippen molar-refractivity contribution < 1.29 is 17.7 Å². The van der Waals surface area contributed by atoms with Crippen LogP contribution in [0.4, 0.5) is 13.2 Å². The molecule has 0 bridgehead atoms. The zero-order valence-corrected chi connectivity index (χ0v) is 22.2. The van der Waals surface area contributed by atoms with Gasteiger partial charge >= 0.3 is 6.18 Å².